The van der Waals surface area contributed by atoms with Gasteiger partial charge in [0.25, 0.3) is 5.91 Å². The van der Waals surface area contributed by atoms with Crippen molar-refractivity contribution in [3.05, 3.63) is 87.9 Å². The first-order valence-electron chi connectivity index (χ1n) is 9.88. The Bertz CT molecular complexity index is 1450. The molecule has 0 radical (unpaired) electrons. The largest absolute Gasteiger partial charge is 0.379 e. The van der Waals surface area contributed by atoms with Crippen molar-refractivity contribution in [3.63, 3.8) is 0 Å². The van der Waals surface area contributed by atoms with Gasteiger partial charge < -0.3 is 14.8 Å². The molecule has 35 heavy (non-hydrogen) atoms. The van der Waals surface area contributed by atoms with Crippen LogP contribution in [0.25, 0.3) is 6.08 Å². The fraction of sp³-hybridized carbons (Fsp3) is 0.0417. The van der Waals surface area contributed by atoms with E-state index < -0.39 is 16.0 Å². The van der Waals surface area contributed by atoms with Gasteiger partial charge in [0.1, 0.15) is 22.3 Å². The van der Waals surface area contributed by atoms with Crippen molar-refractivity contribution in [2.75, 3.05) is 10.6 Å². The molecule has 11 heteroatoms. The fourth-order valence-electron chi connectivity index (χ4n) is 2.79. The van der Waals surface area contributed by atoms with Gasteiger partial charge in [-0.2, -0.15) is 13.7 Å². The zero-order valence-electron chi connectivity index (χ0n) is 18.1. The summed E-state index contributed by atoms with van der Waals surface area (Å²) in [5.41, 5.74) is 1.10. The standard InChI is InChI=1S/C24H17Cl2N3O5S/c1-15(30)28-18-4-9-21(10-5-18)35(32,33)34-20-7-2-16(3-8-20)12-17(14-27)24(31)29-19-6-11-22(25)23(26)13-19/h2-13H,1H3,(H,28,30)(H,29,31)/b17-12+. The van der Waals surface area contributed by atoms with Crippen LogP contribution in [0.2, 0.25) is 10.0 Å². The van der Waals surface area contributed by atoms with Gasteiger partial charge in [0.15, 0.2) is 0 Å². The number of hydrogen-bond acceptors (Lipinski definition) is 6. The Labute approximate surface area is 211 Å². The number of nitriles is 1. The zero-order chi connectivity index (χ0) is 25.6. The van der Waals surface area contributed by atoms with Gasteiger partial charge >= 0.3 is 10.1 Å². The number of nitrogens with one attached hydrogen (secondary N) is 2. The molecule has 0 saturated carbocycles. The highest BCUT2D eigenvalue weighted by Crippen LogP contribution is 2.26. The topological polar surface area (TPSA) is 125 Å². The number of carbonyl (C=O) groups excluding carboxylic acids is 2. The minimum Gasteiger partial charge on any atom is -0.379 e. The summed E-state index contributed by atoms with van der Waals surface area (Å²) < 4.78 is 30.2. The fourth-order valence-corrected chi connectivity index (χ4v) is 4.02. The van der Waals surface area contributed by atoms with Crippen LogP contribution in [0, 0.1) is 11.3 Å². The van der Waals surface area contributed by atoms with E-state index >= 15 is 0 Å². The third-order valence-electron chi connectivity index (χ3n) is 4.40. The average Bonchev–Trinajstić information content (AvgIpc) is 2.80. The van der Waals surface area contributed by atoms with Crippen LogP contribution >= 0.6 is 23.2 Å². The smallest absolute Gasteiger partial charge is 0.339 e. The van der Waals surface area contributed by atoms with Gasteiger partial charge in [-0.05, 0) is 66.2 Å². The molecule has 0 unspecified atom stereocenters. The third-order valence-corrected chi connectivity index (χ3v) is 6.40. The Balaban J connectivity index is 1.71. The van der Waals surface area contributed by atoms with Gasteiger partial charge in [0, 0.05) is 18.3 Å². The molecule has 2 amide bonds. The van der Waals surface area contributed by atoms with Crippen molar-refractivity contribution in [2.24, 2.45) is 0 Å². The first-order chi connectivity index (χ1) is 16.6. The van der Waals surface area contributed by atoms with E-state index in [1.807, 2.05) is 6.07 Å². The number of benzene rings is 3. The lowest BCUT2D eigenvalue weighted by Gasteiger charge is -2.08. The molecule has 0 fully saturated rings. The molecule has 0 aliphatic heterocycles. The van der Waals surface area contributed by atoms with Crippen molar-refractivity contribution in [1.82, 2.24) is 0 Å². The summed E-state index contributed by atoms with van der Waals surface area (Å²) in [6.07, 6.45) is 1.34. The summed E-state index contributed by atoms with van der Waals surface area (Å²) in [6, 6.07) is 17.6. The van der Waals surface area contributed by atoms with E-state index in [4.69, 9.17) is 27.4 Å². The second-order valence-electron chi connectivity index (χ2n) is 7.06. The lowest BCUT2D eigenvalue weighted by molar-refractivity contribution is -0.114. The molecule has 0 atom stereocenters. The van der Waals surface area contributed by atoms with Crippen LogP contribution in [0.3, 0.4) is 0 Å². The van der Waals surface area contributed by atoms with Crippen LogP contribution in [-0.2, 0) is 19.7 Å². The number of halogens is 2. The Morgan fingerprint density at radius 1 is 0.914 bits per heavy atom. The number of anilines is 2. The predicted octanol–water partition coefficient (Wildman–Crippen LogP) is 5.27. The Morgan fingerprint density at radius 2 is 1.54 bits per heavy atom. The van der Waals surface area contributed by atoms with E-state index in [-0.39, 0.29) is 27.1 Å². The van der Waals surface area contributed by atoms with Gasteiger partial charge in [-0.25, -0.2) is 0 Å². The van der Waals surface area contributed by atoms with Crippen LogP contribution < -0.4 is 14.8 Å². The molecule has 3 aromatic rings. The predicted molar refractivity (Wildman–Crippen MR) is 134 cm³/mol. The minimum absolute atomic E-state index is 0.0341. The van der Waals surface area contributed by atoms with Crippen molar-refractivity contribution in [2.45, 2.75) is 11.8 Å². The highest BCUT2D eigenvalue weighted by atomic mass is 35.5. The molecule has 3 aromatic carbocycles. The first kappa shape index (κ1) is 25.8. The second-order valence-corrected chi connectivity index (χ2v) is 9.43. The van der Waals surface area contributed by atoms with E-state index in [1.54, 1.807) is 6.07 Å². The van der Waals surface area contributed by atoms with Crippen LogP contribution in [0.4, 0.5) is 11.4 Å². The number of hydrogen-bond donors (Lipinski definition) is 2. The lowest BCUT2D eigenvalue weighted by atomic mass is 10.1. The highest BCUT2D eigenvalue weighted by Gasteiger charge is 2.17. The molecule has 8 nitrogen and oxygen atoms in total. The zero-order valence-corrected chi connectivity index (χ0v) is 20.4. The van der Waals surface area contributed by atoms with E-state index in [2.05, 4.69) is 10.6 Å². The van der Waals surface area contributed by atoms with Gasteiger partial charge in [-0.3, -0.25) is 9.59 Å². The molecule has 3 rings (SSSR count). The molecule has 178 valence electrons. The molecule has 2 N–H and O–H groups in total. The molecule has 0 aromatic heterocycles. The summed E-state index contributed by atoms with van der Waals surface area (Å²) in [7, 11) is -4.12. The van der Waals surface area contributed by atoms with Gasteiger partial charge in [0.2, 0.25) is 5.91 Å². The lowest BCUT2D eigenvalue weighted by Crippen LogP contribution is -2.13. The number of rotatable bonds is 7. The van der Waals surface area contributed by atoms with Crippen molar-refractivity contribution in [3.8, 4) is 11.8 Å². The average molecular weight is 530 g/mol. The van der Waals surface area contributed by atoms with Crippen LogP contribution in [-0.4, -0.2) is 20.2 Å². The van der Waals surface area contributed by atoms with E-state index in [9.17, 15) is 23.3 Å². The van der Waals surface area contributed by atoms with Crippen LogP contribution in [0.5, 0.6) is 5.75 Å². The van der Waals surface area contributed by atoms with Crippen LogP contribution in [0.1, 0.15) is 12.5 Å². The monoisotopic (exact) mass is 529 g/mol. The summed E-state index contributed by atoms with van der Waals surface area (Å²) in [5, 5.41) is 15.1. The number of carbonyl (C=O) groups is 2. The van der Waals surface area contributed by atoms with Crippen molar-refractivity contribution in [1.29, 1.82) is 5.26 Å². The summed E-state index contributed by atoms with van der Waals surface area (Å²) >= 11 is 11.8. The van der Waals surface area contributed by atoms with Crippen LogP contribution in [0.15, 0.2) is 77.2 Å². The molecular weight excluding hydrogens is 513 g/mol. The number of nitrogens with zero attached hydrogens (tertiary/aromatic N) is 1. The van der Waals surface area contributed by atoms with Gasteiger partial charge in [-0.1, -0.05) is 35.3 Å². The summed E-state index contributed by atoms with van der Waals surface area (Å²) in [5.74, 6) is -0.902. The Hall–Kier alpha value is -3.84. The normalized spacial score (nSPS) is 11.3. The maximum atomic E-state index is 12.5. The molecular formula is C24H17Cl2N3O5S. The maximum Gasteiger partial charge on any atom is 0.339 e. The van der Waals surface area contributed by atoms with Crippen molar-refractivity contribution >= 4 is 62.6 Å². The Morgan fingerprint density at radius 3 is 2.11 bits per heavy atom. The molecule has 0 heterocycles. The summed E-state index contributed by atoms with van der Waals surface area (Å²) in [6.45, 7) is 1.34. The molecule has 0 spiro atoms. The number of amides is 2. The maximum absolute atomic E-state index is 12.5. The molecule has 0 aliphatic rings. The van der Waals surface area contributed by atoms with Gasteiger partial charge in [-0.15, -0.1) is 0 Å². The minimum atomic E-state index is -4.12. The van der Waals surface area contributed by atoms with E-state index in [1.165, 1.54) is 73.7 Å². The van der Waals surface area contributed by atoms with E-state index in [0.29, 0.717) is 22.0 Å². The third kappa shape index (κ3) is 7.07. The molecule has 0 saturated heterocycles. The quantitative estimate of drug-likeness (QED) is 0.244. The SMILES string of the molecule is CC(=O)Nc1ccc(S(=O)(=O)Oc2ccc(/C=C(\C#N)C(=O)Nc3ccc(Cl)c(Cl)c3)cc2)cc1. The highest BCUT2D eigenvalue weighted by molar-refractivity contribution is 7.87. The molecule has 0 aliphatic carbocycles. The van der Waals surface area contributed by atoms with Crippen molar-refractivity contribution < 1.29 is 22.2 Å². The Kier molecular flexibility index (Phi) is 8.14. The first-order valence-corrected chi connectivity index (χ1v) is 12.0. The van der Waals surface area contributed by atoms with Gasteiger partial charge in [0.05, 0.1) is 10.0 Å². The molecule has 0 bridgehead atoms. The van der Waals surface area contributed by atoms with E-state index in [0.717, 1.165) is 0 Å². The second kappa shape index (κ2) is 11.1. The summed E-state index contributed by atoms with van der Waals surface area (Å²) in [4.78, 5) is 23.4.